The number of halogens is 1. The molecule has 1 aliphatic rings. The van der Waals surface area contributed by atoms with Crippen molar-refractivity contribution >= 4 is 0 Å². The molecule has 1 heterocycles. The molecule has 1 aliphatic heterocycles. The Labute approximate surface area is 79.8 Å². The van der Waals surface area contributed by atoms with Gasteiger partial charge >= 0.3 is 0 Å². The van der Waals surface area contributed by atoms with Crippen LogP contribution in [0.25, 0.3) is 0 Å². The van der Waals surface area contributed by atoms with E-state index >= 15 is 0 Å². The summed E-state index contributed by atoms with van der Waals surface area (Å²) in [7, 11) is 0. The Hall–Kier alpha value is -0.150. The standard InChI is InChI=1S/C10H20FNO/c1-7(2)13-9-8(11)5-12-6-10(9,3)4/h7-9,12H,5-6H2,1-4H3. The zero-order chi connectivity index (χ0) is 10.1. The first-order valence-corrected chi connectivity index (χ1v) is 4.94. The average molecular weight is 189 g/mol. The zero-order valence-electron chi connectivity index (χ0n) is 8.93. The Morgan fingerprint density at radius 2 is 2.08 bits per heavy atom. The van der Waals surface area contributed by atoms with Crippen LogP contribution in [-0.2, 0) is 4.74 Å². The molecule has 2 unspecified atom stereocenters. The molecule has 0 aromatic carbocycles. The molecule has 0 aromatic heterocycles. The number of rotatable bonds is 2. The SMILES string of the molecule is CC(C)OC1C(F)CNCC1(C)C. The third kappa shape index (κ3) is 2.64. The molecule has 1 rings (SSSR count). The minimum Gasteiger partial charge on any atom is -0.372 e. The van der Waals surface area contributed by atoms with Crippen molar-refractivity contribution in [2.75, 3.05) is 13.1 Å². The van der Waals surface area contributed by atoms with E-state index < -0.39 is 6.17 Å². The third-order valence-corrected chi connectivity index (χ3v) is 2.44. The maximum atomic E-state index is 13.5. The van der Waals surface area contributed by atoms with E-state index in [4.69, 9.17) is 4.74 Å². The molecular formula is C10H20FNO. The van der Waals surface area contributed by atoms with Crippen molar-refractivity contribution in [2.24, 2.45) is 5.41 Å². The molecule has 0 radical (unpaired) electrons. The van der Waals surface area contributed by atoms with Crippen LogP contribution in [0, 0.1) is 5.41 Å². The largest absolute Gasteiger partial charge is 0.372 e. The number of nitrogens with one attached hydrogen (secondary N) is 1. The van der Waals surface area contributed by atoms with E-state index in [2.05, 4.69) is 5.32 Å². The van der Waals surface area contributed by atoms with Crippen LogP contribution >= 0.6 is 0 Å². The maximum Gasteiger partial charge on any atom is 0.139 e. The second kappa shape index (κ2) is 3.93. The first-order chi connectivity index (χ1) is 5.93. The molecule has 2 atom stereocenters. The van der Waals surface area contributed by atoms with Gasteiger partial charge in [-0.05, 0) is 13.8 Å². The van der Waals surface area contributed by atoms with E-state index in [1.807, 2.05) is 27.7 Å². The fourth-order valence-electron chi connectivity index (χ4n) is 1.79. The molecule has 0 saturated carbocycles. The highest BCUT2D eigenvalue weighted by Gasteiger charge is 2.40. The van der Waals surface area contributed by atoms with Gasteiger partial charge in [-0.25, -0.2) is 4.39 Å². The molecule has 0 amide bonds. The molecular weight excluding hydrogens is 169 g/mol. The zero-order valence-corrected chi connectivity index (χ0v) is 8.93. The summed E-state index contributed by atoms with van der Waals surface area (Å²) < 4.78 is 19.1. The van der Waals surface area contributed by atoms with Gasteiger partial charge in [-0.15, -0.1) is 0 Å². The van der Waals surface area contributed by atoms with Crippen molar-refractivity contribution in [1.29, 1.82) is 0 Å². The summed E-state index contributed by atoms with van der Waals surface area (Å²) in [6, 6.07) is 0. The molecule has 1 saturated heterocycles. The van der Waals surface area contributed by atoms with Gasteiger partial charge < -0.3 is 10.1 Å². The Morgan fingerprint density at radius 1 is 1.46 bits per heavy atom. The molecule has 0 aliphatic carbocycles. The van der Waals surface area contributed by atoms with Gasteiger partial charge in [-0.3, -0.25) is 0 Å². The molecule has 1 N–H and O–H groups in total. The van der Waals surface area contributed by atoms with E-state index in [0.717, 1.165) is 6.54 Å². The van der Waals surface area contributed by atoms with E-state index in [0.29, 0.717) is 6.54 Å². The Balaban J connectivity index is 2.63. The van der Waals surface area contributed by atoms with Gasteiger partial charge in [0.1, 0.15) is 6.17 Å². The van der Waals surface area contributed by atoms with Gasteiger partial charge in [0.2, 0.25) is 0 Å². The smallest absolute Gasteiger partial charge is 0.139 e. The van der Waals surface area contributed by atoms with Crippen LogP contribution < -0.4 is 5.32 Å². The van der Waals surface area contributed by atoms with Crippen molar-refractivity contribution in [3.63, 3.8) is 0 Å². The summed E-state index contributed by atoms with van der Waals surface area (Å²) in [5.74, 6) is 0. The first-order valence-electron chi connectivity index (χ1n) is 4.94. The predicted molar refractivity (Wildman–Crippen MR) is 51.6 cm³/mol. The number of hydrogen-bond donors (Lipinski definition) is 1. The number of ether oxygens (including phenoxy) is 1. The van der Waals surface area contributed by atoms with Gasteiger partial charge in [0.05, 0.1) is 12.2 Å². The van der Waals surface area contributed by atoms with Crippen LogP contribution in [0.2, 0.25) is 0 Å². The lowest BCUT2D eigenvalue weighted by molar-refractivity contribution is -0.110. The predicted octanol–water partition coefficient (Wildman–Crippen LogP) is 1.75. The summed E-state index contributed by atoms with van der Waals surface area (Å²) in [6.07, 6.45) is -1.06. The fourth-order valence-corrected chi connectivity index (χ4v) is 1.79. The molecule has 0 spiro atoms. The molecule has 1 fully saturated rings. The van der Waals surface area contributed by atoms with Crippen LogP contribution in [0.1, 0.15) is 27.7 Å². The highest BCUT2D eigenvalue weighted by molar-refractivity contribution is 4.92. The number of hydrogen-bond acceptors (Lipinski definition) is 2. The van der Waals surface area contributed by atoms with Crippen LogP contribution in [0.3, 0.4) is 0 Å². The highest BCUT2D eigenvalue weighted by atomic mass is 19.1. The molecule has 78 valence electrons. The van der Waals surface area contributed by atoms with E-state index in [1.165, 1.54) is 0 Å². The van der Waals surface area contributed by atoms with Crippen LogP contribution in [0.15, 0.2) is 0 Å². The lowest BCUT2D eigenvalue weighted by Crippen LogP contribution is -2.55. The first kappa shape index (κ1) is 10.9. The molecule has 3 heteroatoms. The van der Waals surface area contributed by atoms with Crippen molar-refractivity contribution in [1.82, 2.24) is 5.32 Å². The Kier molecular flexibility index (Phi) is 3.30. The van der Waals surface area contributed by atoms with Crippen molar-refractivity contribution in [2.45, 2.75) is 46.1 Å². The average Bonchev–Trinajstić information content (AvgIpc) is 1.96. The topological polar surface area (TPSA) is 21.3 Å². The maximum absolute atomic E-state index is 13.5. The second-order valence-electron chi connectivity index (χ2n) is 4.74. The fraction of sp³-hybridized carbons (Fsp3) is 1.00. The van der Waals surface area contributed by atoms with Crippen molar-refractivity contribution in [3.8, 4) is 0 Å². The van der Waals surface area contributed by atoms with Crippen LogP contribution in [0.5, 0.6) is 0 Å². The van der Waals surface area contributed by atoms with Gasteiger partial charge in [0.15, 0.2) is 0 Å². The normalized spacial score (nSPS) is 33.7. The van der Waals surface area contributed by atoms with E-state index in [-0.39, 0.29) is 17.6 Å². The molecule has 0 bridgehead atoms. The minimum atomic E-state index is -0.883. The van der Waals surface area contributed by atoms with Crippen LogP contribution in [-0.4, -0.2) is 31.5 Å². The minimum absolute atomic E-state index is 0.0978. The van der Waals surface area contributed by atoms with Gasteiger partial charge in [-0.2, -0.15) is 0 Å². The highest BCUT2D eigenvalue weighted by Crippen LogP contribution is 2.30. The third-order valence-electron chi connectivity index (χ3n) is 2.44. The summed E-state index contributed by atoms with van der Waals surface area (Å²) in [6.45, 7) is 9.22. The van der Waals surface area contributed by atoms with Gasteiger partial charge in [0.25, 0.3) is 0 Å². The van der Waals surface area contributed by atoms with Crippen LogP contribution in [0.4, 0.5) is 4.39 Å². The Bertz CT molecular complexity index is 170. The number of piperidine rings is 1. The summed E-state index contributed by atoms with van der Waals surface area (Å²) in [4.78, 5) is 0. The van der Waals surface area contributed by atoms with Gasteiger partial charge in [0, 0.05) is 18.5 Å². The quantitative estimate of drug-likeness (QED) is 0.714. The molecule has 13 heavy (non-hydrogen) atoms. The summed E-state index contributed by atoms with van der Waals surface area (Å²) in [5.41, 5.74) is -0.109. The second-order valence-corrected chi connectivity index (χ2v) is 4.74. The van der Waals surface area contributed by atoms with Crippen molar-refractivity contribution in [3.05, 3.63) is 0 Å². The summed E-state index contributed by atoms with van der Waals surface area (Å²) >= 11 is 0. The molecule has 2 nitrogen and oxygen atoms in total. The van der Waals surface area contributed by atoms with E-state index in [1.54, 1.807) is 0 Å². The van der Waals surface area contributed by atoms with E-state index in [9.17, 15) is 4.39 Å². The lowest BCUT2D eigenvalue weighted by atomic mass is 9.81. The van der Waals surface area contributed by atoms with Crippen molar-refractivity contribution < 1.29 is 9.13 Å². The molecule has 0 aromatic rings. The van der Waals surface area contributed by atoms with Gasteiger partial charge in [-0.1, -0.05) is 13.8 Å². The summed E-state index contributed by atoms with van der Waals surface area (Å²) in [5, 5.41) is 3.07. The Morgan fingerprint density at radius 3 is 2.54 bits per heavy atom. The monoisotopic (exact) mass is 189 g/mol. The number of alkyl halides is 1. The lowest BCUT2D eigenvalue weighted by Gasteiger charge is -2.41.